The summed E-state index contributed by atoms with van der Waals surface area (Å²) in [5.41, 5.74) is 3.66. The van der Waals surface area contributed by atoms with Crippen molar-refractivity contribution in [2.75, 3.05) is 13.1 Å². The zero-order valence-electron chi connectivity index (χ0n) is 14.5. The molecule has 2 N–H and O–H groups in total. The largest absolute Gasteiger partial charge is 0.391 e. The third kappa shape index (κ3) is 3.54. The number of halogens is 1. The van der Waals surface area contributed by atoms with Crippen LogP contribution >= 0.6 is 0 Å². The van der Waals surface area contributed by atoms with Gasteiger partial charge in [-0.15, -0.1) is 0 Å². The molecule has 3 heterocycles. The van der Waals surface area contributed by atoms with Gasteiger partial charge in [-0.05, 0) is 31.2 Å². The van der Waals surface area contributed by atoms with Gasteiger partial charge in [-0.2, -0.15) is 5.10 Å². The van der Waals surface area contributed by atoms with Gasteiger partial charge in [0.2, 0.25) is 0 Å². The Morgan fingerprint density at radius 1 is 1.31 bits per heavy atom. The van der Waals surface area contributed by atoms with E-state index in [0.717, 1.165) is 34.8 Å². The van der Waals surface area contributed by atoms with Crippen LogP contribution in [0.4, 0.5) is 4.39 Å². The van der Waals surface area contributed by atoms with Gasteiger partial charge in [-0.1, -0.05) is 5.16 Å². The molecule has 0 aliphatic carbocycles. The fraction of sp³-hybridized carbons (Fsp3) is 0.368. The van der Waals surface area contributed by atoms with E-state index in [4.69, 9.17) is 4.52 Å². The molecule has 136 valence electrons. The Kier molecular flexibility index (Phi) is 4.57. The number of aromatic nitrogens is 3. The van der Waals surface area contributed by atoms with Gasteiger partial charge in [0.25, 0.3) is 0 Å². The molecule has 0 bridgehead atoms. The molecule has 0 spiro atoms. The van der Waals surface area contributed by atoms with Crippen LogP contribution in [0.2, 0.25) is 0 Å². The molecule has 2 aromatic heterocycles. The number of rotatable bonds is 5. The first-order valence-corrected chi connectivity index (χ1v) is 8.69. The minimum Gasteiger partial charge on any atom is -0.391 e. The van der Waals surface area contributed by atoms with Crippen molar-refractivity contribution in [3.8, 4) is 11.3 Å². The van der Waals surface area contributed by atoms with Crippen molar-refractivity contribution >= 4 is 0 Å². The fourth-order valence-electron chi connectivity index (χ4n) is 3.58. The second-order valence-electron chi connectivity index (χ2n) is 6.94. The lowest BCUT2D eigenvalue weighted by Crippen LogP contribution is -2.21. The highest BCUT2D eigenvalue weighted by Crippen LogP contribution is 2.27. The molecule has 1 aromatic carbocycles. The molecule has 26 heavy (non-hydrogen) atoms. The highest BCUT2D eigenvalue weighted by molar-refractivity contribution is 5.62. The summed E-state index contributed by atoms with van der Waals surface area (Å²) in [6, 6.07) is 8.27. The maximum absolute atomic E-state index is 13.1. The number of aryl methyl sites for hydroxylation is 1. The third-order valence-corrected chi connectivity index (χ3v) is 4.87. The Morgan fingerprint density at radius 3 is 2.85 bits per heavy atom. The topological polar surface area (TPSA) is 78.2 Å². The van der Waals surface area contributed by atoms with Crippen LogP contribution in [0.1, 0.15) is 17.0 Å². The van der Waals surface area contributed by atoms with Crippen molar-refractivity contribution < 1.29 is 14.0 Å². The smallest absolute Gasteiger partial charge is 0.137 e. The maximum Gasteiger partial charge on any atom is 0.137 e. The average molecular weight is 356 g/mol. The van der Waals surface area contributed by atoms with Gasteiger partial charge in [0, 0.05) is 49.2 Å². The molecule has 0 saturated carbocycles. The highest BCUT2D eigenvalue weighted by Gasteiger charge is 2.32. The van der Waals surface area contributed by atoms with Crippen LogP contribution in [0.25, 0.3) is 11.3 Å². The van der Waals surface area contributed by atoms with Crippen molar-refractivity contribution in [3.63, 3.8) is 0 Å². The van der Waals surface area contributed by atoms with Crippen molar-refractivity contribution in [3.05, 3.63) is 59.4 Å². The number of aliphatic hydroxyl groups excluding tert-OH is 1. The van der Waals surface area contributed by atoms with E-state index in [0.29, 0.717) is 19.5 Å². The Balaban J connectivity index is 1.44. The number of aliphatic hydroxyl groups is 1. The van der Waals surface area contributed by atoms with Gasteiger partial charge in [-0.25, -0.2) is 4.39 Å². The Bertz CT molecular complexity index is 874. The van der Waals surface area contributed by atoms with Crippen LogP contribution in [-0.2, 0) is 13.0 Å². The van der Waals surface area contributed by atoms with E-state index < -0.39 is 6.10 Å². The number of likely N-dealkylation sites (tertiary alicyclic amines) is 1. The Hall–Kier alpha value is -2.51. The van der Waals surface area contributed by atoms with Crippen LogP contribution in [0, 0.1) is 18.7 Å². The van der Waals surface area contributed by atoms with Gasteiger partial charge >= 0.3 is 0 Å². The first kappa shape index (κ1) is 16.9. The van der Waals surface area contributed by atoms with E-state index in [1.54, 1.807) is 18.3 Å². The first-order valence-electron chi connectivity index (χ1n) is 8.69. The zero-order chi connectivity index (χ0) is 18.1. The number of H-pyrrole nitrogens is 1. The molecule has 0 unspecified atom stereocenters. The first-order chi connectivity index (χ1) is 12.6. The second kappa shape index (κ2) is 7.01. The number of hydrogen-bond donors (Lipinski definition) is 2. The second-order valence-corrected chi connectivity index (χ2v) is 6.94. The van der Waals surface area contributed by atoms with Gasteiger partial charge in [0.05, 0.1) is 23.7 Å². The summed E-state index contributed by atoms with van der Waals surface area (Å²) < 4.78 is 18.4. The van der Waals surface area contributed by atoms with Crippen LogP contribution in [0.15, 0.2) is 41.1 Å². The van der Waals surface area contributed by atoms with Crippen molar-refractivity contribution in [1.82, 2.24) is 20.3 Å². The minimum absolute atomic E-state index is 0.114. The molecule has 3 aromatic rings. The number of nitrogens with zero attached hydrogens (tertiary/aromatic N) is 3. The molecule has 0 amide bonds. The molecule has 1 aliphatic heterocycles. The molecule has 1 saturated heterocycles. The van der Waals surface area contributed by atoms with E-state index in [1.165, 1.54) is 12.1 Å². The van der Waals surface area contributed by atoms with Gasteiger partial charge < -0.3 is 9.63 Å². The molecular formula is C19H21FN4O2. The minimum atomic E-state index is -0.401. The van der Waals surface area contributed by atoms with E-state index in [1.807, 2.05) is 13.0 Å². The van der Waals surface area contributed by atoms with Crippen molar-refractivity contribution in [2.24, 2.45) is 5.92 Å². The number of aromatic amines is 1. The SMILES string of the molecule is Cc1cc(C[C@@H]2CN(Cc3cn[nH]c3-c3ccc(F)cc3)C[C@@H]2O)on1. The van der Waals surface area contributed by atoms with Crippen LogP contribution in [-0.4, -0.2) is 44.6 Å². The summed E-state index contributed by atoms with van der Waals surface area (Å²) in [7, 11) is 0. The average Bonchev–Trinajstić information content (AvgIpc) is 3.31. The lowest BCUT2D eigenvalue weighted by molar-refractivity contribution is 0.137. The normalized spacial score (nSPS) is 20.7. The predicted octanol–water partition coefficient (Wildman–Crippen LogP) is 2.55. The van der Waals surface area contributed by atoms with Crippen LogP contribution < -0.4 is 0 Å². The molecule has 1 aliphatic rings. The predicted molar refractivity (Wildman–Crippen MR) is 93.7 cm³/mol. The van der Waals surface area contributed by atoms with Gasteiger partial charge in [0.1, 0.15) is 11.6 Å². The number of benzene rings is 1. The summed E-state index contributed by atoms with van der Waals surface area (Å²) >= 11 is 0. The lowest BCUT2D eigenvalue weighted by Gasteiger charge is -2.15. The Morgan fingerprint density at radius 2 is 2.12 bits per heavy atom. The summed E-state index contributed by atoms with van der Waals surface area (Å²) in [5.74, 6) is 0.662. The zero-order valence-corrected chi connectivity index (χ0v) is 14.5. The van der Waals surface area contributed by atoms with Crippen LogP contribution in [0.5, 0.6) is 0 Å². The lowest BCUT2D eigenvalue weighted by atomic mass is 10.0. The van der Waals surface area contributed by atoms with Crippen LogP contribution in [0.3, 0.4) is 0 Å². The Labute approximate surface area is 150 Å². The highest BCUT2D eigenvalue weighted by atomic mass is 19.1. The molecular weight excluding hydrogens is 335 g/mol. The number of nitrogens with one attached hydrogen (secondary N) is 1. The summed E-state index contributed by atoms with van der Waals surface area (Å²) in [5, 5.41) is 21.4. The van der Waals surface area contributed by atoms with Gasteiger partial charge in [-0.3, -0.25) is 10.00 Å². The van der Waals surface area contributed by atoms with E-state index in [9.17, 15) is 9.50 Å². The molecule has 2 atom stereocenters. The molecule has 1 fully saturated rings. The summed E-state index contributed by atoms with van der Waals surface area (Å²) in [6.45, 7) is 3.94. The summed E-state index contributed by atoms with van der Waals surface area (Å²) in [4.78, 5) is 2.20. The number of hydrogen-bond acceptors (Lipinski definition) is 5. The molecule has 4 rings (SSSR count). The summed E-state index contributed by atoms with van der Waals surface area (Å²) in [6.07, 6.45) is 2.06. The standard InChI is InChI=1S/C19H21FN4O2/c1-12-6-17(26-23-12)7-14-9-24(11-18(14)25)10-15-8-21-22-19(15)13-2-4-16(20)5-3-13/h2-6,8,14,18,25H,7,9-11H2,1H3,(H,21,22)/t14-,18+/m1/s1. The van der Waals surface area contributed by atoms with Crippen molar-refractivity contribution in [2.45, 2.75) is 26.0 Å². The van der Waals surface area contributed by atoms with Crippen molar-refractivity contribution in [1.29, 1.82) is 0 Å². The van der Waals surface area contributed by atoms with E-state index >= 15 is 0 Å². The maximum atomic E-state index is 13.1. The molecule has 0 radical (unpaired) electrons. The quantitative estimate of drug-likeness (QED) is 0.735. The molecule has 6 nitrogen and oxygen atoms in total. The third-order valence-electron chi connectivity index (χ3n) is 4.87. The van der Waals surface area contributed by atoms with Gasteiger partial charge in [0.15, 0.2) is 0 Å². The fourth-order valence-corrected chi connectivity index (χ4v) is 3.58. The monoisotopic (exact) mass is 356 g/mol. The number of β-amino-alcohol motifs (C(OH)–C–C–N with tert-alkyl or cyclic N) is 1. The van der Waals surface area contributed by atoms with E-state index in [-0.39, 0.29) is 11.7 Å². The molecule has 7 heteroatoms. The van der Waals surface area contributed by atoms with E-state index in [2.05, 4.69) is 20.3 Å².